The maximum atomic E-state index is 3.56. The number of piperidine rings is 1. The minimum absolute atomic E-state index is 0.927. The van der Waals surface area contributed by atoms with Crippen molar-refractivity contribution in [3.8, 4) is 0 Å². The Bertz CT molecular complexity index is 284. The van der Waals surface area contributed by atoms with Crippen molar-refractivity contribution < 1.29 is 0 Å². The first-order valence-corrected chi connectivity index (χ1v) is 8.19. The van der Waals surface area contributed by atoms with Crippen molar-refractivity contribution in [2.45, 2.75) is 25.7 Å². The van der Waals surface area contributed by atoms with E-state index in [1.807, 2.05) is 11.3 Å². The molecule has 1 atom stereocenters. The van der Waals surface area contributed by atoms with Crippen molar-refractivity contribution in [1.29, 1.82) is 0 Å². The lowest BCUT2D eigenvalue weighted by Crippen LogP contribution is -2.36. The first-order chi connectivity index (χ1) is 7.88. The van der Waals surface area contributed by atoms with Crippen LogP contribution in [-0.2, 0) is 6.42 Å². The Kier molecular flexibility index (Phi) is 5.33. The second kappa shape index (κ2) is 6.77. The topological polar surface area (TPSA) is 3.24 Å². The van der Waals surface area contributed by atoms with Crippen molar-refractivity contribution in [2.75, 3.05) is 25.0 Å². The number of halogens is 1. The summed E-state index contributed by atoms with van der Waals surface area (Å²) in [5, 5.41) is 3.34. The highest BCUT2D eigenvalue weighted by Gasteiger charge is 2.18. The molecule has 1 aromatic rings. The largest absolute Gasteiger partial charge is 0.303 e. The molecule has 0 saturated carbocycles. The molecule has 1 nitrogen and oxygen atoms in total. The molecular weight excluding hydrogens is 282 g/mol. The van der Waals surface area contributed by atoms with Crippen LogP contribution in [0.25, 0.3) is 0 Å². The number of hydrogen-bond donors (Lipinski definition) is 0. The average molecular weight is 302 g/mol. The highest BCUT2D eigenvalue weighted by molar-refractivity contribution is 9.09. The molecule has 0 aromatic carbocycles. The first kappa shape index (κ1) is 12.6. The van der Waals surface area contributed by atoms with Gasteiger partial charge >= 0.3 is 0 Å². The monoisotopic (exact) mass is 301 g/mol. The minimum atomic E-state index is 0.927. The molecule has 2 heterocycles. The van der Waals surface area contributed by atoms with Crippen LogP contribution in [0.4, 0.5) is 0 Å². The standard InChI is InChI=1S/C13H20BrNS/c14-7-5-12-3-1-8-15(11-12)9-6-13-4-2-10-16-13/h2,4,10,12H,1,3,5-9,11H2. The Morgan fingerprint density at radius 3 is 3.19 bits per heavy atom. The summed E-state index contributed by atoms with van der Waals surface area (Å²) in [6, 6.07) is 4.41. The van der Waals surface area contributed by atoms with E-state index in [1.54, 1.807) is 0 Å². The molecule has 1 aromatic heterocycles. The van der Waals surface area contributed by atoms with E-state index < -0.39 is 0 Å². The maximum Gasteiger partial charge on any atom is 0.00579 e. The second-order valence-electron chi connectivity index (χ2n) is 4.62. The summed E-state index contributed by atoms with van der Waals surface area (Å²) in [5.74, 6) is 0.927. The fourth-order valence-corrected chi connectivity index (χ4v) is 3.81. The zero-order valence-corrected chi connectivity index (χ0v) is 12.1. The Morgan fingerprint density at radius 1 is 1.50 bits per heavy atom. The van der Waals surface area contributed by atoms with Crippen molar-refractivity contribution in [1.82, 2.24) is 4.90 Å². The summed E-state index contributed by atoms with van der Waals surface area (Å²) in [5.41, 5.74) is 0. The van der Waals surface area contributed by atoms with Gasteiger partial charge in [-0.25, -0.2) is 0 Å². The van der Waals surface area contributed by atoms with E-state index in [2.05, 4.69) is 38.3 Å². The van der Waals surface area contributed by atoms with Gasteiger partial charge in [-0.2, -0.15) is 0 Å². The first-order valence-electron chi connectivity index (χ1n) is 6.19. The molecule has 16 heavy (non-hydrogen) atoms. The lowest BCUT2D eigenvalue weighted by molar-refractivity contribution is 0.175. The molecule has 1 unspecified atom stereocenters. The van der Waals surface area contributed by atoms with Crippen LogP contribution in [0.3, 0.4) is 0 Å². The van der Waals surface area contributed by atoms with Gasteiger partial charge in [-0.1, -0.05) is 22.0 Å². The number of nitrogens with zero attached hydrogens (tertiary/aromatic N) is 1. The summed E-state index contributed by atoms with van der Waals surface area (Å²) < 4.78 is 0. The highest BCUT2D eigenvalue weighted by Crippen LogP contribution is 2.21. The lowest BCUT2D eigenvalue weighted by Gasteiger charge is -2.32. The van der Waals surface area contributed by atoms with E-state index in [-0.39, 0.29) is 0 Å². The zero-order chi connectivity index (χ0) is 11.2. The number of thiophene rings is 1. The third kappa shape index (κ3) is 3.86. The van der Waals surface area contributed by atoms with Crippen LogP contribution in [0.1, 0.15) is 24.1 Å². The van der Waals surface area contributed by atoms with Crippen molar-refractivity contribution >= 4 is 27.3 Å². The second-order valence-corrected chi connectivity index (χ2v) is 6.44. The summed E-state index contributed by atoms with van der Waals surface area (Å²) >= 11 is 5.45. The smallest absolute Gasteiger partial charge is 0.00579 e. The minimum Gasteiger partial charge on any atom is -0.303 e. The molecule has 1 fully saturated rings. The van der Waals surface area contributed by atoms with Gasteiger partial charge in [-0.3, -0.25) is 0 Å². The average Bonchev–Trinajstić information content (AvgIpc) is 2.80. The van der Waals surface area contributed by atoms with E-state index in [1.165, 1.54) is 50.2 Å². The van der Waals surface area contributed by atoms with Gasteiger partial charge in [0.15, 0.2) is 0 Å². The zero-order valence-electron chi connectivity index (χ0n) is 9.70. The molecule has 1 aliphatic heterocycles. The Labute approximate surface area is 111 Å². The molecule has 0 spiro atoms. The number of hydrogen-bond acceptors (Lipinski definition) is 2. The number of rotatable bonds is 5. The Hall–Kier alpha value is 0.140. The third-order valence-electron chi connectivity index (χ3n) is 3.38. The summed E-state index contributed by atoms with van der Waals surface area (Å²) in [6.45, 7) is 3.88. The van der Waals surface area contributed by atoms with Crippen LogP contribution in [0.15, 0.2) is 17.5 Å². The molecule has 0 aliphatic carbocycles. The molecule has 90 valence electrons. The van der Waals surface area contributed by atoms with Gasteiger partial charge in [-0.15, -0.1) is 11.3 Å². The van der Waals surface area contributed by atoms with Crippen molar-refractivity contribution in [3.05, 3.63) is 22.4 Å². The van der Waals surface area contributed by atoms with Gasteiger partial charge in [0.1, 0.15) is 0 Å². The SMILES string of the molecule is BrCCC1CCCN(CCc2cccs2)C1. The van der Waals surface area contributed by atoms with Gasteiger partial charge in [0.2, 0.25) is 0 Å². The van der Waals surface area contributed by atoms with Crippen molar-refractivity contribution in [2.24, 2.45) is 5.92 Å². The van der Waals surface area contributed by atoms with Crippen LogP contribution in [0.5, 0.6) is 0 Å². The van der Waals surface area contributed by atoms with E-state index in [9.17, 15) is 0 Å². The molecule has 1 aliphatic rings. The summed E-state index contributed by atoms with van der Waals surface area (Å²) in [6.07, 6.45) is 5.40. The number of alkyl halides is 1. The van der Waals surface area contributed by atoms with Gasteiger partial charge in [-0.05, 0) is 49.6 Å². The van der Waals surface area contributed by atoms with Gasteiger partial charge in [0, 0.05) is 23.3 Å². The van der Waals surface area contributed by atoms with Crippen LogP contribution in [0.2, 0.25) is 0 Å². The third-order valence-corrected chi connectivity index (χ3v) is 4.77. The fourth-order valence-electron chi connectivity index (χ4n) is 2.47. The van der Waals surface area contributed by atoms with Gasteiger partial charge < -0.3 is 4.90 Å². The van der Waals surface area contributed by atoms with Crippen LogP contribution < -0.4 is 0 Å². The van der Waals surface area contributed by atoms with Crippen molar-refractivity contribution in [3.63, 3.8) is 0 Å². The lowest BCUT2D eigenvalue weighted by atomic mass is 9.95. The molecule has 0 N–H and O–H groups in total. The van der Waals surface area contributed by atoms with Gasteiger partial charge in [0.25, 0.3) is 0 Å². The quantitative estimate of drug-likeness (QED) is 0.748. The molecule has 1 saturated heterocycles. The van der Waals surface area contributed by atoms with E-state index >= 15 is 0 Å². The maximum absolute atomic E-state index is 3.56. The highest BCUT2D eigenvalue weighted by atomic mass is 79.9. The predicted molar refractivity (Wildman–Crippen MR) is 75.6 cm³/mol. The summed E-state index contributed by atoms with van der Waals surface area (Å²) in [4.78, 5) is 4.18. The van der Waals surface area contributed by atoms with E-state index in [0.717, 1.165) is 11.2 Å². The molecular formula is C13H20BrNS. The fraction of sp³-hybridized carbons (Fsp3) is 0.692. The molecule has 3 heteroatoms. The molecule has 0 amide bonds. The van der Waals surface area contributed by atoms with E-state index in [4.69, 9.17) is 0 Å². The Morgan fingerprint density at radius 2 is 2.44 bits per heavy atom. The van der Waals surface area contributed by atoms with Crippen LogP contribution >= 0.6 is 27.3 Å². The normalized spacial score (nSPS) is 22.4. The molecule has 2 rings (SSSR count). The molecule has 0 radical (unpaired) electrons. The van der Waals surface area contributed by atoms with E-state index in [0.29, 0.717) is 0 Å². The van der Waals surface area contributed by atoms with Gasteiger partial charge in [0.05, 0.1) is 0 Å². The Balaban J connectivity index is 1.72. The predicted octanol–water partition coefficient (Wildman–Crippen LogP) is 3.79. The number of likely N-dealkylation sites (tertiary alicyclic amines) is 1. The summed E-state index contributed by atoms with van der Waals surface area (Å²) in [7, 11) is 0. The van der Waals surface area contributed by atoms with Crippen LogP contribution in [0, 0.1) is 5.92 Å². The van der Waals surface area contributed by atoms with Crippen LogP contribution in [-0.4, -0.2) is 29.9 Å². The molecule has 0 bridgehead atoms.